The maximum absolute atomic E-state index is 13.8. The van der Waals surface area contributed by atoms with Crippen LogP contribution in [0, 0.1) is 17.1 Å². The summed E-state index contributed by atoms with van der Waals surface area (Å²) in [7, 11) is 0. The number of carbonyl (C=O) groups is 1. The van der Waals surface area contributed by atoms with Gasteiger partial charge in [0.1, 0.15) is 17.4 Å². The third-order valence-electron chi connectivity index (χ3n) is 4.35. The molecule has 1 amide bonds. The van der Waals surface area contributed by atoms with Gasteiger partial charge >= 0.3 is 0 Å². The normalized spacial score (nSPS) is 15.2. The molecule has 0 atom stereocenters. The second-order valence-corrected chi connectivity index (χ2v) is 6.33. The Labute approximate surface area is 137 Å². The molecule has 0 aliphatic carbocycles. The highest BCUT2D eigenvalue weighted by Crippen LogP contribution is 2.34. The Bertz CT molecular complexity index is 1060. The molecule has 0 bridgehead atoms. The lowest BCUT2D eigenvalue weighted by Gasteiger charge is -2.18. The summed E-state index contributed by atoms with van der Waals surface area (Å²) in [5, 5.41) is 12.8. The van der Waals surface area contributed by atoms with Gasteiger partial charge < -0.3 is 10.3 Å². The van der Waals surface area contributed by atoms with Crippen LogP contribution in [0.15, 0.2) is 30.5 Å². The van der Waals surface area contributed by atoms with E-state index in [1.54, 1.807) is 24.4 Å². The van der Waals surface area contributed by atoms with Gasteiger partial charge in [-0.15, -0.1) is 0 Å². The molecule has 24 heavy (non-hydrogen) atoms. The minimum atomic E-state index is -0.559. The second kappa shape index (κ2) is 4.65. The fraction of sp³-hybridized carbons (Fsp3) is 0.167. The first-order valence-electron chi connectivity index (χ1n) is 7.46. The van der Waals surface area contributed by atoms with Crippen LogP contribution < -0.4 is 5.32 Å². The summed E-state index contributed by atoms with van der Waals surface area (Å²) in [6, 6.07) is 8.29. The summed E-state index contributed by atoms with van der Waals surface area (Å²) in [4.78, 5) is 19.6. The Morgan fingerprint density at radius 2 is 2.00 bits per heavy atom. The van der Waals surface area contributed by atoms with E-state index in [-0.39, 0.29) is 11.5 Å². The Hall–Kier alpha value is -3.20. The minimum absolute atomic E-state index is 0.0166. The van der Waals surface area contributed by atoms with Crippen molar-refractivity contribution in [3.63, 3.8) is 0 Å². The van der Waals surface area contributed by atoms with E-state index in [1.807, 2.05) is 19.9 Å². The van der Waals surface area contributed by atoms with Crippen molar-refractivity contribution in [3.8, 4) is 17.3 Å². The number of carbonyl (C=O) groups excluding carboxylic acids is 1. The number of fused-ring (bicyclic) bond motifs is 2. The van der Waals surface area contributed by atoms with E-state index in [4.69, 9.17) is 5.26 Å². The molecule has 0 fully saturated rings. The van der Waals surface area contributed by atoms with Crippen molar-refractivity contribution >= 4 is 16.8 Å². The maximum atomic E-state index is 13.8. The highest BCUT2D eigenvalue weighted by molar-refractivity contribution is 6.01. The number of benzene rings is 1. The summed E-state index contributed by atoms with van der Waals surface area (Å²) < 4.78 is 13.8. The van der Waals surface area contributed by atoms with E-state index in [0.29, 0.717) is 22.5 Å². The van der Waals surface area contributed by atoms with Gasteiger partial charge in [-0.3, -0.25) is 4.79 Å². The first-order valence-corrected chi connectivity index (χ1v) is 7.46. The fourth-order valence-corrected chi connectivity index (χ4v) is 3.17. The average Bonchev–Trinajstić information content (AvgIpc) is 3.06. The summed E-state index contributed by atoms with van der Waals surface area (Å²) in [5.74, 6) is -0.696. The lowest BCUT2D eigenvalue weighted by Crippen LogP contribution is -2.33. The zero-order chi connectivity index (χ0) is 17.1. The van der Waals surface area contributed by atoms with Gasteiger partial charge in [0.05, 0.1) is 28.0 Å². The van der Waals surface area contributed by atoms with Crippen LogP contribution >= 0.6 is 0 Å². The van der Waals surface area contributed by atoms with Crippen molar-refractivity contribution in [2.75, 3.05) is 0 Å². The number of hydrogen-bond donors (Lipinski definition) is 2. The number of halogens is 1. The first kappa shape index (κ1) is 14.4. The van der Waals surface area contributed by atoms with Crippen LogP contribution in [-0.2, 0) is 5.54 Å². The fourth-order valence-electron chi connectivity index (χ4n) is 3.17. The summed E-state index contributed by atoms with van der Waals surface area (Å²) in [6.07, 6.45) is 1.71. The van der Waals surface area contributed by atoms with Gasteiger partial charge in [0.15, 0.2) is 0 Å². The van der Waals surface area contributed by atoms with Gasteiger partial charge in [0.2, 0.25) is 0 Å². The standard InChI is InChI=1S/C18H13FN4O/c1-18(2)16-10(17(24)23-18)4-6-14(22-16)12-8-21-15-9(12)3-5-13(19)11(15)7-20/h3-6,8,21H,1-2H3,(H,23,24). The molecule has 6 heteroatoms. The number of nitrogens with zero attached hydrogens (tertiary/aromatic N) is 2. The molecule has 2 aromatic heterocycles. The molecule has 0 saturated heterocycles. The highest BCUT2D eigenvalue weighted by Gasteiger charge is 2.36. The van der Waals surface area contributed by atoms with Crippen LogP contribution in [0.4, 0.5) is 4.39 Å². The number of aromatic amines is 1. The summed E-state index contributed by atoms with van der Waals surface area (Å²) in [5.41, 5.74) is 2.56. The van der Waals surface area contributed by atoms with Gasteiger partial charge in [-0.1, -0.05) is 0 Å². The van der Waals surface area contributed by atoms with E-state index in [0.717, 1.165) is 10.9 Å². The highest BCUT2D eigenvalue weighted by atomic mass is 19.1. The van der Waals surface area contributed by atoms with Crippen molar-refractivity contribution in [2.24, 2.45) is 0 Å². The van der Waals surface area contributed by atoms with E-state index in [9.17, 15) is 9.18 Å². The molecule has 0 unspecified atom stereocenters. The number of pyridine rings is 1. The molecule has 4 rings (SSSR count). The van der Waals surface area contributed by atoms with E-state index < -0.39 is 11.4 Å². The molecule has 118 valence electrons. The van der Waals surface area contributed by atoms with Crippen LogP contribution in [0.25, 0.3) is 22.2 Å². The Morgan fingerprint density at radius 3 is 2.75 bits per heavy atom. The largest absolute Gasteiger partial charge is 0.359 e. The molecule has 3 aromatic rings. The molecule has 1 aliphatic rings. The van der Waals surface area contributed by atoms with Gasteiger partial charge in [-0.05, 0) is 38.1 Å². The topological polar surface area (TPSA) is 81.6 Å². The molecular weight excluding hydrogens is 307 g/mol. The van der Waals surface area contributed by atoms with Crippen molar-refractivity contribution in [1.82, 2.24) is 15.3 Å². The zero-order valence-electron chi connectivity index (χ0n) is 13.1. The van der Waals surface area contributed by atoms with Crippen molar-refractivity contribution < 1.29 is 9.18 Å². The van der Waals surface area contributed by atoms with Crippen LogP contribution in [0.2, 0.25) is 0 Å². The number of nitrogens with one attached hydrogen (secondary N) is 2. The number of nitriles is 1. The Kier molecular flexibility index (Phi) is 2.79. The number of rotatable bonds is 1. The maximum Gasteiger partial charge on any atom is 0.253 e. The molecule has 1 aromatic carbocycles. The predicted molar refractivity (Wildman–Crippen MR) is 86.7 cm³/mol. The lowest BCUT2D eigenvalue weighted by molar-refractivity contribution is 0.0940. The first-order chi connectivity index (χ1) is 11.4. The Balaban J connectivity index is 1.95. The molecular formula is C18H13FN4O. The molecule has 5 nitrogen and oxygen atoms in total. The van der Waals surface area contributed by atoms with E-state index >= 15 is 0 Å². The van der Waals surface area contributed by atoms with Crippen LogP contribution in [-0.4, -0.2) is 15.9 Å². The van der Waals surface area contributed by atoms with E-state index in [1.165, 1.54) is 6.07 Å². The number of H-pyrrole nitrogens is 1. The van der Waals surface area contributed by atoms with E-state index in [2.05, 4.69) is 15.3 Å². The molecule has 1 aliphatic heterocycles. The predicted octanol–water partition coefficient (Wildman–Crippen LogP) is 3.22. The third kappa shape index (κ3) is 1.85. The van der Waals surface area contributed by atoms with Gasteiger partial charge in [-0.2, -0.15) is 5.26 Å². The zero-order valence-corrected chi connectivity index (χ0v) is 13.1. The molecule has 0 spiro atoms. The SMILES string of the molecule is CC1(C)NC(=O)c2ccc(-c3c[nH]c4c(C#N)c(F)ccc34)nc21. The average molecular weight is 320 g/mol. The van der Waals surface area contributed by atoms with Gasteiger partial charge in [0.25, 0.3) is 5.91 Å². The number of aromatic nitrogens is 2. The van der Waals surface area contributed by atoms with Crippen molar-refractivity contribution in [1.29, 1.82) is 5.26 Å². The van der Waals surface area contributed by atoms with Gasteiger partial charge in [0, 0.05) is 17.1 Å². The lowest BCUT2D eigenvalue weighted by atomic mass is 9.99. The third-order valence-corrected chi connectivity index (χ3v) is 4.35. The Morgan fingerprint density at radius 1 is 1.21 bits per heavy atom. The van der Waals surface area contributed by atoms with Gasteiger partial charge in [-0.25, -0.2) is 9.37 Å². The summed E-state index contributed by atoms with van der Waals surface area (Å²) >= 11 is 0. The number of amides is 1. The molecule has 0 radical (unpaired) electrons. The second-order valence-electron chi connectivity index (χ2n) is 6.33. The monoisotopic (exact) mass is 320 g/mol. The minimum Gasteiger partial charge on any atom is -0.359 e. The van der Waals surface area contributed by atoms with Crippen molar-refractivity contribution in [3.05, 3.63) is 53.1 Å². The molecule has 3 heterocycles. The van der Waals surface area contributed by atoms with Crippen LogP contribution in [0.5, 0.6) is 0 Å². The van der Waals surface area contributed by atoms with Crippen LogP contribution in [0.1, 0.15) is 35.5 Å². The summed E-state index contributed by atoms with van der Waals surface area (Å²) in [6.45, 7) is 3.79. The molecule has 0 saturated carbocycles. The molecule has 2 N–H and O–H groups in total. The quantitative estimate of drug-likeness (QED) is 0.722. The smallest absolute Gasteiger partial charge is 0.253 e. The van der Waals surface area contributed by atoms with Crippen molar-refractivity contribution in [2.45, 2.75) is 19.4 Å². The number of hydrogen-bond acceptors (Lipinski definition) is 3. The van der Waals surface area contributed by atoms with Crippen LogP contribution in [0.3, 0.4) is 0 Å².